The van der Waals surface area contributed by atoms with E-state index < -0.39 is 0 Å². The highest BCUT2D eigenvalue weighted by Crippen LogP contribution is 2.18. The van der Waals surface area contributed by atoms with E-state index in [0.29, 0.717) is 11.5 Å². The van der Waals surface area contributed by atoms with Gasteiger partial charge in [-0.15, -0.1) is 0 Å². The van der Waals surface area contributed by atoms with Gasteiger partial charge in [0.2, 0.25) is 0 Å². The number of hydrogen-bond acceptors (Lipinski definition) is 5. The summed E-state index contributed by atoms with van der Waals surface area (Å²) in [5, 5.41) is 2.81. The fraction of sp³-hybridized carbons (Fsp3) is 0.0588. The van der Waals surface area contributed by atoms with E-state index >= 15 is 0 Å². The van der Waals surface area contributed by atoms with Gasteiger partial charge >= 0.3 is 0 Å². The van der Waals surface area contributed by atoms with Gasteiger partial charge in [-0.2, -0.15) is 0 Å². The number of para-hydroxylation sites is 1. The van der Waals surface area contributed by atoms with Crippen molar-refractivity contribution in [3.63, 3.8) is 0 Å². The number of benzene rings is 1. The van der Waals surface area contributed by atoms with Crippen LogP contribution in [0.15, 0.2) is 54.9 Å². The smallest absolute Gasteiger partial charge is 0.260 e. The summed E-state index contributed by atoms with van der Waals surface area (Å²) in [4.78, 5) is 24.9. The molecule has 2 heterocycles. The molecule has 114 valence electrons. The number of anilines is 2. The number of hydrogen-bond donors (Lipinski definition) is 2. The van der Waals surface area contributed by atoms with Gasteiger partial charge < -0.3 is 11.1 Å². The number of carbonyl (C=O) groups excluding carboxylic acids is 1. The minimum Gasteiger partial charge on any atom is -0.383 e. The van der Waals surface area contributed by atoms with E-state index in [2.05, 4.69) is 20.3 Å². The van der Waals surface area contributed by atoms with Crippen LogP contribution in [0.5, 0.6) is 0 Å². The number of aromatic nitrogens is 3. The average Bonchev–Trinajstić information content (AvgIpc) is 2.57. The highest BCUT2D eigenvalue weighted by atomic mass is 16.1. The van der Waals surface area contributed by atoms with E-state index in [-0.39, 0.29) is 17.3 Å². The van der Waals surface area contributed by atoms with Crippen molar-refractivity contribution in [3.05, 3.63) is 66.0 Å². The SMILES string of the molecule is Cc1ccccc1NC(=O)c1cnc(-c2ccccn2)nc1N. The van der Waals surface area contributed by atoms with E-state index in [0.717, 1.165) is 11.3 Å². The van der Waals surface area contributed by atoms with Crippen molar-refractivity contribution in [2.75, 3.05) is 11.1 Å². The van der Waals surface area contributed by atoms with Crippen molar-refractivity contribution in [1.29, 1.82) is 0 Å². The molecule has 6 nitrogen and oxygen atoms in total. The normalized spacial score (nSPS) is 10.3. The second kappa shape index (κ2) is 6.23. The molecule has 0 saturated heterocycles. The molecular weight excluding hydrogens is 290 g/mol. The first kappa shape index (κ1) is 14.6. The number of pyridine rings is 1. The molecule has 0 spiro atoms. The summed E-state index contributed by atoms with van der Waals surface area (Å²) in [6, 6.07) is 12.9. The second-order valence-electron chi connectivity index (χ2n) is 4.98. The zero-order valence-corrected chi connectivity index (χ0v) is 12.5. The molecule has 0 fully saturated rings. The lowest BCUT2D eigenvalue weighted by Gasteiger charge is -2.09. The van der Waals surface area contributed by atoms with Crippen LogP contribution >= 0.6 is 0 Å². The molecule has 1 amide bonds. The maximum Gasteiger partial charge on any atom is 0.260 e. The van der Waals surface area contributed by atoms with E-state index in [1.165, 1.54) is 6.20 Å². The third-order valence-corrected chi connectivity index (χ3v) is 3.35. The standard InChI is InChI=1S/C17H15N5O/c1-11-6-2-3-7-13(11)21-17(23)12-10-20-16(22-15(12)18)14-8-4-5-9-19-14/h2-10H,1H3,(H,21,23)(H2,18,20,22). The van der Waals surface area contributed by atoms with Gasteiger partial charge in [-0.05, 0) is 30.7 Å². The number of rotatable bonds is 3. The van der Waals surface area contributed by atoms with Crippen LogP contribution in [0.3, 0.4) is 0 Å². The molecule has 0 radical (unpaired) electrons. The van der Waals surface area contributed by atoms with Crippen molar-refractivity contribution >= 4 is 17.4 Å². The summed E-state index contributed by atoms with van der Waals surface area (Å²) in [5.41, 5.74) is 8.43. The van der Waals surface area contributed by atoms with Crippen molar-refractivity contribution in [1.82, 2.24) is 15.0 Å². The van der Waals surface area contributed by atoms with Gasteiger partial charge in [0.1, 0.15) is 17.1 Å². The topological polar surface area (TPSA) is 93.8 Å². The van der Waals surface area contributed by atoms with Gasteiger partial charge in [0.05, 0.1) is 0 Å². The molecular formula is C17H15N5O. The van der Waals surface area contributed by atoms with Crippen LogP contribution in [-0.2, 0) is 0 Å². The number of nitrogens with one attached hydrogen (secondary N) is 1. The predicted molar refractivity (Wildman–Crippen MR) is 88.8 cm³/mol. The first-order valence-corrected chi connectivity index (χ1v) is 7.06. The molecule has 2 aromatic heterocycles. The van der Waals surface area contributed by atoms with Crippen LogP contribution in [0.2, 0.25) is 0 Å². The van der Waals surface area contributed by atoms with Crippen LogP contribution < -0.4 is 11.1 Å². The molecule has 1 aromatic carbocycles. The van der Waals surface area contributed by atoms with Crippen LogP contribution in [0, 0.1) is 6.92 Å². The lowest BCUT2D eigenvalue weighted by atomic mass is 10.2. The van der Waals surface area contributed by atoms with Gasteiger partial charge in [0, 0.05) is 18.1 Å². The van der Waals surface area contributed by atoms with Crippen LogP contribution in [0.25, 0.3) is 11.5 Å². The van der Waals surface area contributed by atoms with Crippen molar-refractivity contribution < 1.29 is 4.79 Å². The summed E-state index contributed by atoms with van der Waals surface area (Å²) < 4.78 is 0. The summed E-state index contributed by atoms with van der Waals surface area (Å²) in [6.45, 7) is 1.92. The quantitative estimate of drug-likeness (QED) is 0.776. The van der Waals surface area contributed by atoms with Crippen LogP contribution in [-0.4, -0.2) is 20.9 Å². The van der Waals surface area contributed by atoms with E-state index in [4.69, 9.17) is 5.73 Å². The highest BCUT2D eigenvalue weighted by molar-refractivity contribution is 6.07. The van der Waals surface area contributed by atoms with Gasteiger partial charge in [0.25, 0.3) is 5.91 Å². The van der Waals surface area contributed by atoms with Gasteiger partial charge in [0.15, 0.2) is 5.82 Å². The zero-order valence-electron chi connectivity index (χ0n) is 12.5. The Morgan fingerprint density at radius 1 is 1.09 bits per heavy atom. The van der Waals surface area contributed by atoms with Gasteiger partial charge in [-0.1, -0.05) is 24.3 Å². The highest BCUT2D eigenvalue weighted by Gasteiger charge is 2.14. The Balaban J connectivity index is 1.86. The van der Waals surface area contributed by atoms with Crippen molar-refractivity contribution in [3.8, 4) is 11.5 Å². The second-order valence-corrected chi connectivity index (χ2v) is 4.98. The summed E-state index contributed by atoms with van der Waals surface area (Å²) in [6.07, 6.45) is 3.06. The van der Waals surface area contributed by atoms with Gasteiger partial charge in [-0.25, -0.2) is 9.97 Å². The fourth-order valence-electron chi connectivity index (χ4n) is 2.09. The Hall–Kier alpha value is -3.28. The molecule has 6 heteroatoms. The van der Waals surface area contributed by atoms with Crippen LogP contribution in [0.1, 0.15) is 15.9 Å². The Morgan fingerprint density at radius 2 is 1.87 bits per heavy atom. The Bertz CT molecular complexity index is 849. The fourth-order valence-corrected chi connectivity index (χ4v) is 2.09. The number of amides is 1. The summed E-state index contributed by atoms with van der Waals surface area (Å²) >= 11 is 0. The third kappa shape index (κ3) is 3.16. The molecule has 0 saturated carbocycles. The lowest BCUT2D eigenvalue weighted by Crippen LogP contribution is -2.16. The Kier molecular flexibility index (Phi) is 3.97. The molecule has 0 aliphatic carbocycles. The average molecular weight is 305 g/mol. The molecule has 23 heavy (non-hydrogen) atoms. The van der Waals surface area contributed by atoms with Crippen LogP contribution in [0.4, 0.5) is 11.5 Å². The first-order chi connectivity index (χ1) is 11.1. The number of nitrogen functional groups attached to an aromatic ring is 1. The number of nitrogens with two attached hydrogens (primary N) is 1. The molecule has 0 aliphatic rings. The maximum atomic E-state index is 12.3. The van der Waals surface area contributed by atoms with Crippen molar-refractivity contribution in [2.24, 2.45) is 0 Å². The third-order valence-electron chi connectivity index (χ3n) is 3.35. The van der Waals surface area contributed by atoms with E-state index in [1.807, 2.05) is 37.3 Å². The van der Waals surface area contributed by atoms with E-state index in [1.54, 1.807) is 18.3 Å². The minimum atomic E-state index is -0.343. The molecule has 3 aromatic rings. The molecule has 0 atom stereocenters. The summed E-state index contributed by atoms with van der Waals surface area (Å²) in [5.74, 6) is 0.159. The molecule has 0 bridgehead atoms. The Morgan fingerprint density at radius 3 is 2.57 bits per heavy atom. The van der Waals surface area contributed by atoms with Gasteiger partial charge in [-0.3, -0.25) is 9.78 Å². The lowest BCUT2D eigenvalue weighted by molar-refractivity contribution is 0.102. The number of nitrogens with zero attached hydrogens (tertiary/aromatic N) is 3. The molecule has 3 rings (SSSR count). The van der Waals surface area contributed by atoms with Crippen molar-refractivity contribution in [2.45, 2.75) is 6.92 Å². The van der Waals surface area contributed by atoms with E-state index in [9.17, 15) is 4.79 Å². The predicted octanol–water partition coefficient (Wildman–Crippen LogP) is 2.68. The number of carbonyl (C=O) groups is 1. The maximum absolute atomic E-state index is 12.3. The largest absolute Gasteiger partial charge is 0.383 e. The molecule has 3 N–H and O–H groups in total. The number of aryl methyl sites for hydroxylation is 1. The molecule has 0 aliphatic heterocycles. The minimum absolute atomic E-state index is 0.117. The molecule has 0 unspecified atom stereocenters. The summed E-state index contributed by atoms with van der Waals surface area (Å²) in [7, 11) is 0. The Labute approximate surface area is 133 Å². The first-order valence-electron chi connectivity index (χ1n) is 7.06. The zero-order chi connectivity index (χ0) is 16.2. The monoisotopic (exact) mass is 305 g/mol.